The van der Waals surface area contributed by atoms with Crippen LogP contribution < -0.4 is 25.5 Å². The lowest BCUT2D eigenvalue weighted by molar-refractivity contribution is -0.136. The van der Waals surface area contributed by atoms with Gasteiger partial charge in [-0.3, -0.25) is 14.4 Å². The number of anilines is 2. The number of carbonyl (C=O) groups excluding carboxylic acids is 3. The SMILES string of the molecule is CCOc1ccccc1NC(=O)C(=O)N/N=C\c1ccc(OCC(=O)Nc2c(C)cc(Br)cc2C)cc1. The number of hydrogen-bond donors (Lipinski definition) is 3. The normalized spacial score (nSPS) is 10.6. The lowest BCUT2D eigenvalue weighted by Gasteiger charge is -2.13. The first-order valence-corrected chi connectivity index (χ1v) is 12.2. The number of benzene rings is 3. The van der Waals surface area contributed by atoms with Gasteiger partial charge in [0.05, 0.1) is 18.5 Å². The van der Waals surface area contributed by atoms with Crippen LogP contribution in [-0.2, 0) is 14.4 Å². The fourth-order valence-corrected chi connectivity index (χ4v) is 4.02. The van der Waals surface area contributed by atoms with Gasteiger partial charge in [-0.1, -0.05) is 28.1 Å². The first kappa shape index (κ1) is 27.4. The fourth-order valence-electron chi connectivity index (χ4n) is 3.33. The van der Waals surface area contributed by atoms with Gasteiger partial charge in [-0.15, -0.1) is 0 Å². The van der Waals surface area contributed by atoms with Crippen molar-refractivity contribution in [2.45, 2.75) is 20.8 Å². The highest BCUT2D eigenvalue weighted by atomic mass is 79.9. The van der Waals surface area contributed by atoms with E-state index in [1.54, 1.807) is 48.5 Å². The predicted octanol–water partition coefficient (Wildman–Crippen LogP) is 4.57. The number of carbonyl (C=O) groups is 3. The Hall–Kier alpha value is -4.18. The lowest BCUT2D eigenvalue weighted by Crippen LogP contribution is -2.32. The molecule has 0 aliphatic rings. The molecule has 0 aliphatic carbocycles. The summed E-state index contributed by atoms with van der Waals surface area (Å²) in [5, 5.41) is 9.18. The Labute approximate surface area is 223 Å². The maximum Gasteiger partial charge on any atom is 0.329 e. The number of ether oxygens (including phenoxy) is 2. The van der Waals surface area contributed by atoms with Crippen molar-refractivity contribution in [2.75, 3.05) is 23.8 Å². The summed E-state index contributed by atoms with van der Waals surface area (Å²) in [7, 11) is 0. The zero-order chi connectivity index (χ0) is 26.8. The van der Waals surface area contributed by atoms with Crippen molar-refractivity contribution in [1.82, 2.24) is 5.43 Å². The number of para-hydroxylation sites is 2. The molecule has 0 aliphatic heterocycles. The molecule has 0 unspecified atom stereocenters. The molecule has 0 bridgehead atoms. The third-order valence-electron chi connectivity index (χ3n) is 5.03. The van der Waals surface area contributed by atoms with Gasteiger partial charge in [0.2, 0.25) is 0 Å². The number of hydrazone groups is 1. The largest absolute Gasteiger partial charge is 0.492 e. The standard InChI is InChI=1S/C27H27BrN4O5/c1-4-36-23-8-6-5-7-22(23)30-26(34)27(35)32-29-15-19-9-11-21(12-10-19)37-16-24(33)31-25-17(2)13-20(28)14-18(25)3/h5-15H,4,16H2,1-3H3,(H,30,34)(H,31,33)(H,32,35)/b29-15-. The molecule has 0 heterocycles. The number of nitrogens with one attached hydrogen (secondary N) is 3. The molecule has 0 aromatic heterocycles. The molecular formula is C27H27BrN4O5. The van der Waals surface area contributed by atoms with Crippen molar-refractivity contribution in [3.63, 3.8) is 0 Å². The summed E-state index contributed by atoms with van der Waals surface area (Å²) in [4.78, 5) is 36.5. The van der Waals surface area contributed by atoms with Gasteiger partial charge in [0.25, 0.3) is 5.91 Å². The molecule has 3 aromatic rings. The summed E-state index contributed by atoms with van der Waals surface area (Å²) in [5.41, 5.74) is 5.88. The number of hydrogen-bond acceptors (Lipinski definition) is 6. The Morgan fingerprint density at radius 3 is 2.27 bits per heavy atom. The van der Waals surface area contributed by atoms with E-state index < -0.39 is 11.8 Å². The van der Waals surface area contributed by atoms with Gasteiger partial charge in [-0.25, -0.2) is 5.43 Å². The minimum absolute atomic E-state index is 0.153. The van der Waals surface area contributed by atoms with E-state index in [1.165, 1.54) is 6.21 Å². The number of nitrogens with zero attached hydrogens (tertiary/aromatic N) is 1. The van der Waals surface area contributed by atoms with Gasteiger partial charge < -0.3 is 20.1 Å². The molecule has 3 amide bonds. The molecular weight excluding hydrogens is 540 g/mol. The predicted molar refractivity (Wildman–Crippen MR) is 146 cm³/mol. The zero-order valence-corrected chi connectivity index (χ0v) is 22.2. The van der Waals surface area contributed by atoms with Crippen LogP contribution in [0, 0.1) is 13.8 Å². The quantitative estimate of drug-likeness (QED) is 0.199. The molecule has 9 nitrogen and oxygen atoms in total. The van der Waals surface area contributed by atoms with Gasteiger partial charge in [0.1, 0.15) is 11.5 Å². The van der Waals surface area contributed by atoms with Crippen LogP contribution in [0.2, 0.25) is 0 Å². The molecule has 192 valence electrons. The van der Waals surface area contributed by atoms with E-state index in [0.29, 0.717) is 29.4 Å². The molecule has 3 rings (SSSR count). The minimum Gasteiger partial charge on any atom is -0.492 e. The molecule has 10 heteroatoms. The molecule has 0 spiro atoms. The van der Waals surface area contributed by atoms with Crippen molar-refractivity contribution in [3.8, 4) is 11.5 Å². The Kier molecular flexibility index (Phi) is 9.79. The van der Waals surface area contributed by atoms with Crippen molar-refractivity contribution in [2.24, 2.45) is 5.10 Å². The Balaban J connectivity index is 1.47. The van der Waals surface area contributed by atoms with E-state index in [2.05, 4.69) is 37.1 Å². The van der Waals surface area contributed by atoms with E-state index in [0.717, 1.165) is 21.3 Å². The van der Waals surface area contributed by atoms with Crippen LogP contribution in [0.15, 0.2) is 70.2 Å². The van der Waals surface area contributed by atoms with Crippen LogP contribution in [0.1, 0.15) is 23.6 Å². The van der Waals surface area contributed by atoms with Crippen molar-refractivity contribution in [3.05, 3.63) is 81.8 Å². The van der Waals surface area contributed by atoms with Gasteiger partial charge in [-0.2, -0.15) is 5.10 Å². The number of amides is 3. The minimum atomic E-state index is -0.926. The van der Waals surface area contributed by atoms with Gasteiger partial charge in [0, 0.05) is 10.2 Å². The summed E-state index contributed by atoms with van der Waals surface area (Å²) >= 11 is 3.44. The average Bonchev–Trinajstić information content (AvgIpc) is 2.87. The second-order valence-electron chi connectivity index (χ2n) is 7.90. The van der Waals surface area contributed by atoms with Gasteiger partial charge in [0.15, 0.2) is 6.61 Å². The molecule has 3 N–H and O–H groups in total. The summed E-state index contributed by atoms with van der Waals surface area (Å²) in [5.74, 6) is -1.12. The van der Waals surface area contributed by atoms with E-state index in [4.69, 9.17) is 9.47 Å². The van der Waals surface area contributed by atoms with Gasteiger partial charge in [-0.05, 0) is 86.0 Å². The number of aryl methyl sites for hydroxylation is 2. The zero-order valence-electron chi connectivity index (χ0n) is 20.6. The van der Waals surface area contributed by atoms with Crippen molar-refractivity contribution in [1.29, 1.82) is 0 Å². The van der Waals surface area contributed by atoms with Gasteiger partial charge >= 0.3 is 11.8 Å². The number of rotatable bonds is 9. The van der Waals surface area contributed by atoms with E-state index in [-0.39, 0.29) is 12.5 Å². The summed E-state index contributed by atoms with van der Waals surface area (Å²) < 4.78 is 11.9. The molecule has 0 radical (unpaired) electrons. The van der Waals surface area contributed by atoms with E-state index in [1.807, 2.05) is 32.9 Å². The average molecular weight is 567 g/mol. The first-order chi connectivity index (χ1) is 17.8. The number of halogens is 1. The maximum atomic E-state index is 12.3. The second-order valence-corrected chi connectivity index (χ2v) is 8.82. The maximum absolute atomic E-state index is 12.3. The molecule has 0 atom stereocenters. The van der Waals surface area contributed by atoms with Crippen molar-refractivity contribution < 1.29 is 23.9 Å². The highest BCUT2D eigenvalue weighted by Crippen LogP contribution is 2.25. The van der Waals surface area contributed by atoms with Crippen LogP contribution in [0.5, 0.6) is 11.5 Å². The van der Waals surface area contributed by atoms with Crippen LogP contribution >= 0.6 is 15.9 Å². The molecule has 0 saturated heterocycles. The summed E-state index contributed by atoms with van der Waals surface area (Å²) in [6.45, 7) is 5.93. The highest BCUT2D eigenvalue weighted by Gasteiger charge is 2.15. The van der Waals surface area contributed by atoms with Crippen LogP contribution in [-0.4, -0.2) is 37.1 Å². The topological polar surface area (TPSA) is 118 Å². The molecule has 37 heavy (non-hydrogen) atoms. The van der Waals surface area contributed by atoms with Crippen LogP contribution in [0.25, 0.3) is 0 Å². The Bertz CT molecular complexity index is 1290. The molecule has 0 fully saturated rings. The Morgan fingerprint density at radius 1 is 0.919 bits per heavy atom. The first-order valence-electron chi connectivity index (χ1n) is 11.4. The molecule has 3 aromatic carbocycles. The fraction of sp³-hybridized carbons (Fsp3) is 0.185. The third-order valence-corrected chi connectivity index (χ3v) is 5.49. The monoisotopic (exact) mass is 566 g/mol. The molecule has 0 saturated carbocycles. The smallest absolute Gasteiger partial charge is 0.329 e. The highest BCUT2D eigenvalue weighted by molar-refractivity contribution is 9.10. The lowest BCUT2D eigenvalue weighted by atomic mass is 10.1. The van der Waals surface area contributed by atoms with E-state index >= 15 is 0 Å². The Morgan fingerprint density at radius 2 is 1.59 bits per heavy atom. The van der Waals surface area contributed by atoms with E-state index in [9.17, 15) is 14.4 Å². The summed E-state index contributed by atoms with van der Waals surface area (Å²) in [6.07, 6.45) is 1.38. The summed E-state index contributed by atoms with van der Waals surface area (Å²) in [6, 6.07) is 17.4. The van der Waals surface area contributed by atoms with Crippen molar-refractivity contribution >= 4 is 51.2 Å². The second kappa shape index (κ2) is 13.2. The van der Waals surface area contributed by atoms with Crippen LogP contribution in [0.3, 0.4) is 0 Å². The third kappa shape index (κ3) is 8.18. The van der Waals surface area contributed by atoms with Crippen LogP contribution in [0.4, 0.5) is 11.4 Å².